The van der Waals surface area contributed by atoms with E-state index < -0.39 is 0 Å². The highest BCUT2D eigenvalue weighted by Crippen LogP contribution is 2.24. The fraction of sp³-hybridized carbons (Fsp3) is 0.0952. The van der Waals surface area contributed by atoms with E-state index in [0.717, 1.165) is 16.8 Å². The van der Waals surface area contributed by atoms with Gasteiger partial charge in [-0.25, -0.2) is 4.39 Å². The molecule has 0 amide bonds. The second-order valence-corrected chi connectivity index (χ2v) is 6.04. The number of hydrogen-bond donors (Lipinski definition) is 0. The lowest BCUT2D eigenvalue weighted by Crippen LogP contribution is -2.00. The van der Waals surface area contributed by atoms with Gasteiger partial charge in [0.1, 0.15) is 18.2 Å². The summed E-state index contributed by atoms with van der Waals surface area (Å²) >= 11 is 6.03. The number of hydrogen-bond acceptors (Lipinski definition) is 2. The van der Waals surface area contributed by atoms with Gasteiger partial charge < -0.3 is 4.74 Å². The van der Waals surface area contributed by atoms with Crippen molar-refractivity contribution in [3.63, 3.8) is 0 Å². The fourth-order valence-corrected chi connectivity index (χ4v) is 2.52. The number of nitrogens with zero attached hydrogens (tertiary/aromatic N) is 1. The van der Waals surface area contributed by atoms with Gasteiger partial charge >= 0.3 is 0 Å². The van der Waals surface area contributed by atoms with Gasteiger partial charge in [-0.3, -0.25) is 4.99 Å². The predicted octanol–water partition coefficient (Wildman–Crippen LogP) is 6.12. The largest absolute Gasteiger partial charge is 0.488 e. The van der Waals surface area contributed by atoms with Gasteiger partial charge in [0, 0.05) is 22.4 Å². The number of para-hydroxylation sites is 1. The van der Waals surface area contributed by atoms with Crippen LogP contribution in [0.5, 0.6) is 5.75 Å². The summed E-state index contributed by atoms with van der Waals surface area (Å²) in [5.41, 5.74) is 3.17. The maximum atomic E-state index is 13.7. The van der Waals surface area contributed by atoms with Crippen LogP contribution in [-0.2, 0) is 6.61 Å². The van der Waals surface area contributed by atoms with Crippen LogP contribution in [0.4, 0.5) is 10.1 Å². The van der Waals surface area contributed by atoms with Gasteiger partial charge in [-0.2, -0.15) is 0 Å². The van der Waals surface area contributed by atoms with E-state index in [1.54, 1.807) is 24.4 Å². The first kappa shape index (κ1) is 17.2. The predicted molar refractivity (Wildman–Crippen MR) is 101 cm³/mol. The van der Waals surface area contributed by atoms with Crippen LogP contribution in [-0.4, -0.2) is 6.21 Å². The normalized spacial score (nSPS) is 11.0. The molecule has 4 heteroatoms. The van der Waals surface area contributed by atoms with E-state index in [9.17, 15) is 4.39 Å². The fourth-order valence-electron chi connectivity index (χ4n) is 2.35. The van der Waals surface area contributed by atoms with Crippen molar-refractivity contribution in [3.8, 4) is 5.75 Å². The van der Waals surface area contributed by atoms with Crippen molar-refractivity contribution in [3.05, 3.63) is 94.3 Å². The molecule has 0 saturated carbocycles. The number of aryl methyl sites for hydroxylation is 1. The molecule has 0 aromatic heterocycles. The van der Waals surface area contributed by atoms with E-state index >= 15 is 0 Å². The first-order valence-electron chi connectivity index (χ1n) is 7.89. The van der Waals surface area contributed by atoms with Crippen LogP contribution in [0, 0.1) is 12.7 Å². The number of rotatable bonds is 5. The maximum absolute atomic E-state index is 13.7. The Morgan fingerprint density at radius 3 is 2.64 bits per heavy atom. The van der Waals surface area contributed by atoms with Crippen LogP contribution in [0.15, 0.2) is 71.7 Å². The highest BCUT2D eigenvalue weighted by Gasteiger charge is 2.05. The molecule has 0 saturated heterocycles. The van der Waals surface area contributed by atoms with E-state index in [1.807, 2.05) is 49.4 Å². The van der Waals surface area contributed by atoms with E-state index in [2.05, 4.69) is 4.99 Å². The summed E-state index contributed by atoms with van der Waals surface area (Å²) in [6.07, 6.45) is 1.73. The Morgan fingerprint density at radius 1 is 1.04 bits per heavy atom. The molecule has 126 valence electrons. The molecular formula is C21H17ClFNO. The average Bonchev–Trinajstić information content (AvgIpc) is 2.62. The molecule has 25 heavy (non-hydrogen) atoms. The van der Waals surface area contributed by atoms with Gasteiger partial charge in [0.05, 0.1) is 5.69 Å². The van der Waals surface area contributed by atoms with Gasteiger partial charge in [-0.1, -0.05) is 48.0 Å². The van der Waals surface area contributed by atoms with Crippen LogP contribution >= 0.6 is 11.6 Å². The topological polar surface area (TPSA) is 21.6 Å². The van der Waals surface area contributed by atoms with Gasteiger partial charge in [-0.05, 0) is 42.8 Å². The van der Waals surface area contributed by atoms with Crippen molar-refractivity contribution >= 4 is 23.5 Å². The minimum atomic E-state index is -0.275. The zero-order valence-corrected chi connectivity index (χ0v) is 14.5. The second kappa shape index (κ2) is 7.95. The highest BCUT2D eigenvalue weighted by molar-refractivity contribution is 6.30. The van der Waals surface area contributed by atoms with Crippen LogP contribution in [0.1, 0.15) is 16.7 Å². The summed E-state index contributed by atoms with van der Waals surface area (Å²) in [7, 11) is 0. The molecule has 0 bridgehead atoms. The van der Waals surface area contributed by atoms with E-state index in [0.29, 0.717) is 16.3 Å². The Balaban J connectivity index is 1.80. The van der Waals surface area contributed by atoms with Gasteiger partial charge in [0.25, 0.3) is 0 Å². The van der Waals surface area contributed by atoms with E-state index in [-0.39, 0.29) is 12.4 Å². The zero-order chi connectivity index (χ0) is 17.6. The quantitative estimate of drug-likeness (QED) is 0.506. The Morgan fingerprint density at radius 2 is 1.80 bits per heavy atom. The summed E-state index contributed by atoms with van der Waals surface area (Å²) in [5.74, 6) is 0.373. The molecule has 0 aliphatic rings. The lowest BCUT2D eigenvalue weighted by molar-refractivity contribution is 0.299. The SMILES string of the molecule is Cc1ccc(Cl)cc1N=Cc1ccccc1OCc1ccccc1F. The minimum Gasteiger partial charge on any atom is -0.488 e. The third-order valence-corrected chi connectivity index (χ3v) is 4.01. The van der Waals surface area contributed by atoms with Crippen molar-refractivity contribution in [2.45, 2.75) is 13.5 Å². The van der Waals surface area contributed by atoms with Crippen molar-refractivity contribution in [1.82, 2.24) is 0 Å². The Labute approximate surface area is 151 Å². The maximum Gasteiger partial charge on any atom is 0.129 e. The molecule has 0 N–H and O–H groups in total. The van der Waals surface area contributed by atoms with Gasteiger partial charge in [-0.15, -0.1) is 0 Å². The second-order valence-electron chi connectivity index (χ2n) is 5.61. The summed E-state index contributed by atoms with van der Waals surface area (Å²) in [6.45, 7) is 2.14. The molecule has 0 fully saturated rings. The molecule has 0 aliphatic heterocycles. The summed E-state index contributed by atoms with van der Waals surface area (Å²) < 4.78 is 19.5. The van der Waals surface area contributed by atoms with E-state index in [4.69, 9.17) is 16.3 Å². The van der Waals surface area contributed by atoms with Crippen LogP contribution in [0.3, 0.4) is 0 Å². The number of benzene rings is 3. The first-order chi connectivity index (χ1) is 12.1. The molecule has 3 rings (SSSR count). The molecule has 3 aromatic carbocycles. The Bertz CT molecular complexity index is 908. The third kappa shape index (κ3) is 4.46. The monoisotopic (exact) mass is 353 g/mol. The number of halogens is 2. The average molecular weight is 354 g/mol. The third-order valence-electron chi connectivity index (χ3n) is 3.77. The molecule has 3 aromatic rings. The van der Waals surface area contributed by atoms with Crippen molar-refractivity contribution in [1.29, 1.82) is 0 Å². The van der Waals surface area contributed by atoms with Crippen molar-refractivity contribution in [2.75, 3.05) is 0 Å². The lowest BCUT2D eigenvalue weighted by Gasteiger charge is -2.09. The summed E-state index contributed by atoms with van der Waals surface area (Å²) in [4.78, 5) is 4.51. The zero-order valence-electron chi connectivity index (χ0n) is 13.7. The molecule has 2 nitrogen and oxygen atoms in total. The molecule has 0 spiro atoms. The van der Waals surface area contributed by atoms with Crippen LogP contribution in [0.25, 0.3) is 0 Å². The molecular weight excluding hydrogens is 337 g/mol. The molecule has 0 aliphatic carbocycles. The minimum absolute atomic E-state index is 0.160. The van der Waals surface area contributed by atoms with Gasteiger partial charge in [0.2, 0.25) is 0 Å². The van der Waals surface area contributed by atoms with Crippen molar-refractivity contribution in [2.24, 2.45) is 4.99 Å². The van der Waals surface area contributed by atoms with E-state index in [1.165, 1.54) is 6.07 Å². The standard InChI is InChI=1S/C21H17ClFNO/c1-15-10-11-18(22)12-20(15)24-13-16-6-3-5-9-21(16)25-14-17-7-2-4-8-19(17)23/h2-13H,14H2,1H3. The highest BCUT2D eigenvalue weighted by atomic mass is 35.5. The molecule has 0 heterocycles. The number of aliphatic imine (C=N–C) groups is 1. The van der Waals surface area contributed by atoms with Crippen molar-refractivity contribution < 1.29 is 9.13 Å². The number of ether oxygens (including phenoxy) is 1. The van der Waals surface area contributed by atoms with Crippen LogP contribution < -0.4 is 4.74 Å². The molecule has 0 unspecified atom stereocenters. The first-order valence-corrected chi connectivity index (χ1v) is 8.27. The Kier molecular flexibility index (Phi) is 5.46. The van der Waals surface area contributed by atoms with Gasteiger partial charge in [0.15, 0.2) is 0 Å². The lowest BCUT2D eigenvalue weighted by atomic mass is 10.2. The smallest absolute Gasteiger partial charge is 0.129 e. The summed E-state index contributed by atoms with van der Waals surface area (Å²) in [6, 6.07) is 19.7. The molecule has 0 atom stereocenters. The Hall–Kier alpha value is -2.65. The summed E-state index contributed by atoms with van der Waals surface area (Å²) in [5, 5.41) is 0.641. The molecule has 0 radical (unpaired) electrons. The van der Waals surface area contributed by atoms with Crippen LogP contribution in [0.2, 0.25) is 5.02 Å².